The van der Waals surface area contributed by atoms with Crippen molar-refractivity contribution >= 4 is 5.69 Å². The molecule has 18 heavy (non-hydrogen) atoms. The van der Waals surface area contributed by atoms with Gasteiger partial charge in [-0.05, 0) is 12.8 Å². The molecule has 0 atom stereocenters. The van der Waals surface area contributed by atoms with Gasteiger partial charge in [0.1, 0.15) is 12.4 Å². The lowest BCUT2D eigenvalue weighted by molar-refractivity contribution is 0.0979. The first kappa shape index (κ1) is 14.8. The number of rotatable bonds is 10. The lowest BCUT2D eigenvalue weighted by Gasteiger charge is -2.09. The maximum absolute atomic E-state index is 5.58. The lowest BCUT2D eigenvalue weighted by Crippen LogP contribution is -2.08. The summed E-state index contributed by atoms with van der Waals surface area (Å²) in [7, 11) is 0. The fourth-order valence-electron chi connectivity index (χ4n) is 1.43. The molecule has 1 N–H and O–H groups in total. The van der Waals surface area contributed by atoms with Gasteiger partial charge in [0.25, 0.3) is 0 Å². The van der Waals surface area contributed by atoms with E-state index in [4.69, 9.17) is 9.47 Å². The van der Waals surface area contributed by atoms with Crippen LogP contribution >= 0.6 is 0 Å². The molecule has 0 aliphatic rings. The SMILES string of the molecule is CCCCOCCOc1cncc(NCCC)c1. The molecule has 0 spiro atoms. The highest BCUT2D eigenvalue weighted by atomic mass is 16.5. The van der Waals surface area contributed by atoms with Crippen LogP contribution in [0.4, 0.5) is 5.69 Å². The van der Waals surface area contributed by atoms with Gasteiger partial charge >= 0.3 is 0 Å². The number of hydrogen-bond donors (Lipinski definition) is 1. The Morgan fingerprint density at radius 1 is 1.11 bits per heavy atom. The predicted octanol–water partition coefficient (Wildman–Crippen LogP) is 3.10. The molecular formula is C14H24N2O2. The van der Waals surface area contributed by atoms with Gasteiger partial charge in [0, 0.05) is 19.2 Å². The minimum absolute atomic E-state index is 0.572. The number of nitrogens with one attached hydrogen (secondary N) is 1. The summed E-state index contributed by atoms with van der Waals surface area (Å²) >= 11 is 0. The summed E-state index contributed by atoms with van der Waals surface area (Å²) in [5.41, 5.74) is 1.00. The molecule has 0 bridgehead atoms. The third kappa shape index (κ3) is 6.45. The number of hydrogen-bond acceptors (Lipinski definition) is 4. The van der Waals surface area contributed by atoms with Gasteiger partial charge in [-0.25, -0.2) is 0 Å². The van der Waals surface area contributed by atoms with E-state index in [2.05, 4.69) is 24.1 Å². The van der Waals surface area contributed by atoms with Crippen LogP contribution in [-0.2, 0) is 4.74 Å². The molecule has 4 heteroatoms. The van der Waals surface area contributed by atoms with Gasteiger partial charge in [-0.15, -0.1) is 0 Å². The molecule has 0 saturated carbocycles. The quantitative estimate of drug-likeness (QED) is 0.650. The Balaban J connectivity index is 2.20. The molecule has 0 aliphatic carbocycles. The minimum Gasteiger partial charge on any atom is -0.489 e. The van der Waals surface area contributed by atoms with Crippen LogP contribution in [0.2, 0.25) is 0 Å². The minimum atomic E-state index is 0.572. The zero-order valence-electron chi connectivity index (χ0n) is 11.4. The average Bonchev–Trinajstić information content (AvgIpc) is 2.41. The molecule has 0 amide bonds. The molecule has 102 valence electrons. The molecule has 1 heterocycles. The number of unbranched alkanes of at least 4 members (excludes halogenated alkanes) is 1. The van der Waals surface area contributed by atoms with Gasteiger partial charge in [-0.2, -0.15) is 0 Å². The van der Waals surface area contributed by atoms with Crippen LogP contribution in [0.3, 0.4) is 0 Å². The summed E-state index contributed by atoms with van der Waals surface area (Å²) < 4.78 is 11.0. The Morgan fingerprint density at radius 3 is 2.78 bits per heavy atom. The zero-order valence-corrected chi connectivity index (χ0v) is 11.4. The Hall–Kier alpha value is -1.29. The predicted molar refractivity (Wildman–Crippen MR) is 74.2 cm³/mol. The molecule has 0 radical (unpaired) electrons. The van der Waals surface area contributed by atoms with E-state index in [1.165, 1.54) is 0 Å². The molecule has 0 unspecified atom stereocenters. The molecule has 0 aliphatic heterocycles. The van der Waals surface area contributed by atoms with Crippen LogP contribution in [0, 0.1) is 0 Å². The summed E-state index contributed by atoms with van der Waals surface area (Å²) in [6.07, 6.45) is 6.90. The Bertz CT molecular complexity index is 318. The molecule has 0 saturated heterocycles. The van der Waals surface area contributed by atoms with E-state index in [0.717, 1.165) is 43.9 Å². The Kier molecular flexibility index (Phi) is 7.97. The highest BCUT2D eigenvalue weighted by molar-refractivity contribution is 5.44. The molecule has 0 fully saturated rings. The van der Waals surface area contributed by atoms with Crippen LogP contribution in [-0.4, -0.2) is 31.3 Å². The molecular weight excluding hydrogens is 228 g/mol. The first-order valence-corrected chi connectivity index (χ1v) is 6.76. The first-order chi connectivity index (χ1) is 8.86. The topological polar surface area (TPSA) is 43.4 Å². The van der Waals surface area contributed by atoms with E-state index in [9.17, 15) is 0 Å². The van der Waals surface area contributed by atoms with Crippen molar-refractivity contribution < 1.29 is 9.47 Å². The van der Waals surface area contributed by atoms with Crippen molar-refractivity contribution in [2.45, 2.75) is 33.1 Å². The second kappa shape index (κ2) is 9.71. The standard InChI is InChI=1S/C14H24N2O2/c1-3-5-7-17-8-9-18-14-10-13(11-15-12-14)16-6-4-2/h10-12,16H,3-9H2,1-2H3. The number of pyridine rings is 1. The summed E-state index contributed by atoms with van der Waals surface area (Å²) in [6.45, 7) is 7.26. The molecule has 4 nitrogen and oxygen atoms in total. The molecule has 0 aromatic carbocycles. The third-order valence-corrected chi connectivity index (χ3v) is 2.43. The van der Waals surface area contributed by atoms with Crippen molar-refractivity contribution in [3.05, 3.63) is 18.5 Å². The van der Waals surface area contributed by atoms with E-state index >= 15 is 0 Å². The van der Waals surface area contributed by atoms with Crippen molar-refractivity contribution in [3.63, 3.8) is 0 Å². The van der Waals surface area contributed by atoms with Gasteiger partial charge in [-0.1, -0.05) is 20.3 Å². The average molecular weight is 252 g/mol. The van der Waals surface area contributed by atoms with Crippen molar-refractivity contribution in [3.8, 4) is 5.75 Å². The molecule has 1 rings (SSSR count). The number of ether oxygens (including phenoxy) is 2. The van der Waals surface area contributed by atoms with Crippen LogP contribution in [0.25, 0.3) is 0 Å². The van der Waals surface area contributed by atoms with Crippen molar-refractivity contribution in [1.29, 1.82) is 0 Å². The summed E-state index contributed by atoms with van der Waals surface area (Å²) in [5, 5.41) is 3.28. The Morgan fingerprint density at radius 2 is 2.00 bits per heavy atom. The lowest BCUT2D eigenvalue weighted by atomic mass is 10.3. The van der Waals surface area contributed by atoms with Crippen LogP contribution in [0.1, 0.15) is 33.1 Å². The fraction of sp³-hybridized carbons (Fsp3) is 0.643. The van der Waals surface area contributed by atoms with Gasteiger partial charge in [0.05, 0.1) is 24.7 Å². The maximum Gasteiger partial charge on any atom is 0.139 e. The van der Waals surface area contributed by atoms with E-state index < -0.39 is 0 Å². The van der Waals surface area contributed by atoms with E-state index in [-0.39, 0.29) is 0 Å². The fourth-order valence-corrected chi connectivity index (χ4v) is 1.43. The van der Waals surface area contributed by atoms with E-state index in [0.29, 0.717) is 13.2 Å². The Labute approximate surface area is 110 Å². The molecule has 1 aromatic rings. The monoisotopic (exact) mass is 252 g/mol. The van der Waals surface area contributed by atoms with Gasteiger partial charge in [-0.3, -0.25) is 4.98 Å². The van der Waals surface area contributed by atoms with Crippen LogP contribution < -0.4 is 10.1 Å². The smallest absolute Gasteiger partial charge is 0.139 e. The highest BCUT2D eigenvalue weighted by Crippen LogP contribution is 2.15. The summed E-state index contributed by atoms with van der Waals surface area (Å²) in [5.74, 6) is 0.787. The van der Waals surface area contributed by atoms with Crippen molar-refractivity contribution in [1.82, 2.24) is 4.98 Å². The third-order valence-electron chi connectivity index (χ3n) is 2.43. The van der Waals surface area contributed by atoms with Gasteiger partial charge in [0.2, 0.25) is 0 Å². The first-order valence-electron chi connectivity index (χ1n) is 6.76. The zero-order chi connectivity index (χ0) is 13.1. The number of nitrogens with zero attached hydrogens (tertiary/aromatic N) is 1. The maximum atomic E-state index is 5.58. The number of aromatic nitrogens is 1. The van der Waals surface area contributed by atoms with Gasteiger partial charge in [0.15, 0.2) is 0 Å². The molecule has 1 aromatic heterocycles. The van der Waals surface area contributed by atoms with Crippen molar-refractivity contribution in [2.75, 3.05) is 31.7 Å². The normalized spacial score (nSPS) is 10.3. The second-order valence-corrected chi connectivity index (χ2v) is 4.15. The van der Waals surface area contributed by atoms with Crippen LogP contribution in [0.5, 0.6) is 5.75 Å². The summed E-state index contributed by atoms with van der Waals surface area (Å²) in [4.78, 5) is 4.14. The van der Waals surface area contributed by atoms with E-state index in [1.807, 2.05) is 6.07 Å². The highest BCUT2D eigenvalue weighted by Gasteiger charge is 1.97. The number of anilines is 1. The van der Waals surface area contributed by atoms with E-state index in [1.54, 1.807) is 12.4 Å². The summed E-state index contributed by atoms with van der Waals surface area (Å²) in [6, 6.07) is 1.97. The van der Waals surface area contributed by atoms with Crippen LogP contribution in [0.15, 0.2) is 18.5 Å². The second-order valence-electron chi connectivity index (χ2n) is 4.15. The van der Waals surface area contributed by atoms with Gasteiger partial charge < -0.3 is 14.8 Å². The largest absolute Gasteiger partial charge is 0.489 e. The van der Waals surface area contributed by atoms with Crippen molar-refractivity contribution in [2.24, 2.45) is 0 Å².